The molecule has 1 aliphatic heterocycles. The van der Waals surface area contributed by atoms with Gasteiger partial charge in [-0.2, -0.15) is 0 Å². The van der Waals surface area contributed by atoms with Crippen LogP contribution in [0.2, 0.25) is 0 Å². The Balaban J connectivity index is 2.03. The molecule has 1 rings (SSSR count). The molecule has 1 heterocycles. The molecule has 17 heavy (non-hydrogen) atoms. The minimum absolute atomic E-state index is 0.114. The zero-order valence-corrected chi connectivity index (χ0v) is 10.8. The number of esters is 1. The Labute approximate surface area is 103 Å². The Morgan fingerprint density at radius 1 is 1.41 bits per heavy atom. The first kappa shape index (κ1) is 14.4. The van der Waals surface area contributed by atoms with Crippen molar-refractivity contribution < 1.29 is 19.0 Å². The molecule has 1 aliphatic rings. The average Bonchev–Trinajstić information content (AvgIpc) is 2.34. The Morgan fingerprint density at radius 2 is 2.12 bits per heavy atom. The third kappa shape index (κ3) is 6.61. The first-order valence-electron chi connectivity index (χ1n) is 6.27. The largest absolute Gasteiger partial charge is 0.460 e. The van der Waals surface area contributed by atoms with Crippen molar-refractivity contribution in [3.63, 3.8) is 0 Å². The lowest BCUT2D eigenvalue weighted by Crippen LogP contribution is -2.38. The smallest absolute Gasteiger partial charge is 0.302 e. The summed E-state index contributed by atoms with van der Waals surface area (Å²) in [5.74, 6) is -0.242. The van der Waals surface area contributed by atoms with Crippen LogP contribution in [0.25, 0.3) is 0 Å². The summed E-state index contributed by atoms with van der Waals surface area (Å²) in [7, 11) is 0. The van der Waals surface area contributed by atoms with Crippen molar-refractivity contribution in [2.75, 3.05) is 46.1 Å². The van der Waals surface area contributed by atoms with Crippen LogP contribution in [0.15, 0.2) is 0 Å². The molecule has 1 atom stereocenters. The Kier molecular flexibility index (Phi) is 7.16. The quantitative estimate of drug-likeness (QED) is 0.487. The number of hydrogen-bond donors (Lipinski definition) is 0. The van der Waals surface area contributed by atoms with E-state index in [1.54, 1.807) is 0 Å². The maximum absolute atomic E-state index is 10.8. The highest BCUT2D eigenvalue weighted by atomic mass is 16.6. The number of carbonyl (C=O) groups is 1. The van der Waals surface area contributed by atoms with Gasteiger partial charge in [0.1, 0.15) is 6.10 Å². The van der Waals surface area contributed by atoms with E-state index in [0.29, 0.717) is 13.2 Å². The number of rotatable bonds is 7. The van der Waals surface area contributed by atoms with Crippen LogP contribution in [0.4, 0.5) is 0 Å². The summed E-state index contributed by atoms with van der Waals surface area (Å²) < 4.78 is 15.9. The summed E-state index contributed by atoms with van der Waals surface area (Å²) >= 11 is 0. The van der Waals surface area contributed by atoms with E-state index in [1.165, 1.54) is 6.92 Å². The molecule has 0 radical (unpaired) electrons. The van der Waals surface area contributed by atoms with Crippen LogP contribution in [-0.2, 0) is 19.0 Å². The molecule has 1 unspecified atom stereocenters. The fourth-order valence-electron chi connectivity index (χ4n) is 1.70. The lowest BCUT2D eigenvalue weighted by atomic mass is 10.3. The topological polar surface area (TPSA) is 48.0 Å². The molecule has 100 valence electrons. The fourth-order valence-corrected chi connectivity index (χ4v) is 1.70. The maximum Gasteiger partial charge on any atom is 0.302 e. The van der Waals surface area contributed by atoms with Gasteiger partial charge in [-0.05, 0) is 6.42 Å². The van der Waals surface area contributed by atoms with Crippen LogP contribution < -0.4 is 0 Å². The standard InChI is InChI=1S/C12H23NO4/c1-3-12(17-11(2)14)10-16-9-6-13-4-7-15-8-5-13/h12H,3-10H2,1-2H3. The molecule has 1 saturated heterocycles. The molecule has 0 aromatic rings. The number of morpholine rings is 1. The van der Waals surface area contributed by atoms with Crippen LogP contribution in [0, 0.1) is 0 Å². The van der Waals surface area contributed by atoms with Crippen molar-refractivity contribution in [1.82, 2.24) is 4.90 Å². The average molecular weight is 245 g/mol. The Bertz CT molecular complexity index is 217. The fraction of sp³-hybridized carbons (Fsp3) is 0.917. The molecule has 0 N–H and O–H groups in total. The van der Waals surface area contributed by atoms with Crippen molar-refractivity contribution in [1.29, 1.82) is 0 Å². The van der Waals surface area contributed by atoms with Crippen LogP contribution in [0.5, 0.6) is 0 Å². The van der Waals surface area contributed by atoms with Crippen molar-refractivity contribution in [2.24, 2.45) is 0 Å². The third-order valence-electron chi connectivity index (χ3n) is 2.75. The second-order valence-electron chi connectivity index (χ2n) is 4.17. The van der Waals surface area contributed by atoms with Crippen molar-refractivity contribution in [3.8, 4) is 0 Å². The van der Waals surface area contributed by atoms with Crippen LogP contribution in [0.3, 0.4) is 0 Å². The highest BCUT2D eigenvalue weighted by Gasteiger charge is 2.12. The minimum atomic E-state index is -0.242. The maximum atomic E-state index is 10.8. The molecule has 5 heteroatoms. The molecular weight excluding hydrogens is 222 g/mol. The molecule has 0 spiro atoms. The van der Waals surface area contributed by atoms with Crippen molar-refractivity contribution in [2.45, 2.75) is 26.4 Å². The van der Waals surface area contributed by atoms with Crippen molar-refractivity contribution in [3.05, 3.63) is 0 Å². The third-order valence-corrected chi connectivity index (χ3v) is 2.75. The summed E-state index contributed by atoms with van der Waals surface area (Å²) in [4.78, 5) is 13.1. The van der Waals surface area contributed by atoms with Gasteiger partial charge in [-0.1, -0.05) is 6.92 Å². The summed E-state index contributed by atoms with van der Waals surface area (Å²) in [6.07, 6.45) is 0.675. The Hall–Kier alpha value is -0.650. The highest BCUT2D eigenvalue weighted by Crippen LogP contribution is 2.00. The highest BCUT2D eigenvalue weighted by molar-refractivity contribution is 5.66. The van der Waals surface area contributed by atoms with Crippen LogP contribution >= 0.6 is 0 Å². The van der Waals surface area contributed by atoms with Gasteiger partial charge in [0.2, 0.25) is 0 Å². The van der Waals surface area contributed by atoms with E-state index in [1.807, 2.05) is 6.92 Å². The summed E-state index contributed by atoms with van der Waals surface area (Å²) in [5, 5.41) is 0. The molecule has 0 saturated carbocycles. The van der Waals surface area contributed by atoms with E-state index in [4.69, 9.17) is 14.2 Å². The van der Waals surface area contributed by atoms with Crippen molar-refractivity contribution >= 4 is 5.97 Å². The summed E-state index contributed by atoms with van der Waals surface area (Å²) in [6, 6.07) is 0. The van der Waals surface area contributed by atoms with E-state index < -0.39 is 0 Å². The molecule has 0 aromatic carbocycles. The lowest BCUT2D eigenvalue weighted by molar-refractivity contribution is -0.149. The first-order chi connectivity index (χ1) is 8.22. The molecule has 5 nitrogen and oxygen atoms in total. The number of ether oxygens (including phenoxy) is 3. The normalized spacial score (nSPS) is 18.9. The predicted molar refractivity (Wildman–Crippen MR) is 63.9 cm³/mol. The van der Waals surface area contributed by atoms with Gasteiger partial charge in [0, 0.05) is 26.6 Å². The van der Waals surface area contributed by atoms with E-state index in [-0.39, 0.29) is 12.1 Å². The molecule has 0 aromatic heterocycles. The van der Waals surface area contributed by atoms with Crippen LogP contribution in [-0.4, -0.2) is 63.0 Å². The van der Waals surface area contributed by atoms with Crippen LogP contribution in [0.1, 0.15) is 20.3 Å². The van der Waals surface area contributed by atoms with Gasteiger partial charge in [0.15, 0.2) is 0 Å². The van der Waals surface area contributed by atoms with Gasteiger partial charge in [0.05, 0.1) is 26.4 Å². The Morgan fingerprint density at radius 3 is 2.71 bits per heavy atom. The molecular formula is C12H23NO4. The summed E-state index contributed by atoms with van der Waals surface area (Å²) in [5.41, 5.74) is 0. The lowest BCUT2D eigenvalue weighted by Gasteiger charge is -2.26. The van der Waals surface area contributed by atoms with Gasteiger partial charge in [-0.25, -0.2) is 0 Å². The van der Waals surface area contributed by atoms with Gasteiger partial charge < -0.3 is 14.2 Å². The number of nitrogens with zero attached hydrogens (tertiary/aromatic N) is 1. The monoisotopic (exact) mass is 245 g/mol. The van der Waals surface area contributed by atoms with E-state index >= 15 is 0 Å². The van der Waals surface area contributed by atoms with Gasteiger partial charge in [-0.15, -0.1) is 0 Å². The van der Waals surface area contributed by atoms with Gasteiger partial charge >= 0.3 is 5.97 Å². The SMILES string of the molecule is CCC(COCCN1CCOCC1)OC(C)=O. The van der Waals surface area contributed by atoms with E-state index in [0.717, 1.165) is 39.3 Å². The minimum Gasteiger partial charge on any atom is -0.460 e. The molecule has 1 fully saturated rings. The zero-order chi connectivity index (χ0) is 12.5. The van der Waals surface area contributed by atoms with E-state index in [2.05, 4.69) is 4.90 Å². The zero-order valence-electron chi connectivity index (χ0n) is 10.8. The first-order valence-corrected chi connectivity index (χ1v) is 6.27. The number of hydrogen-bond acceptors (Lipinski definition) is 5. The second kappa shape index (κ2) is 8.44. The second-order valence-corrected chi connectivity index (χ2v) is 4.17. The summed E-state index contributed by atoms with van der Waals surface area (Å²) in [6.45, 7) is 9.07. The van der Waals surface area contributed by atoms with E-state index in [9.17, 15) is 4.79 Å². The predicted octanol–water partition coefficient (Wildman–Crippen LogP) is 0.677. The number of carbonyl (C=O) groups excluding carboxylic acids is 1. The van der Waals surface area contributed by atoms with Gasteiger partial charge in [0.25, 0.3) is 0 Å². The van der Waals surface area contributed by atoms with Gasteiger partial charge in [-0.3, -0.25) is 9.69 Å². The molecule has 0 aliphatic carbocycles. The molecule has 0 bridgehead atoms. The molecule has 0 amide bonds.